The largest absolute Gasteiger partial charge is 0.387 e. The molecule has 94 valence electrons. The second-order valence-electron chi connectivity index (χ2n) is 4.40. The molecule has 1 amide bonds. The van der Waals surface area contributed by atoms with Crippen LogP contribution in [0.15, 0.2) is 42.5 Å². The lowest BCUT2D eigenvalue weighted by Crippen LogP contribution is -2.70. The van der Waals surface area contributed by atoms with Crippen LogP contribution in [0.1, 0.15) is 6.92 Å². The van der Waals surface area contributed by atoms with Crippen LogP contribution in [0.3, 0.4) is 0 Å². The van der Waals surface area contributed by atoms with Gasteiger partial charge in [0.25, 0.3) is 5.91 Å². The van der Waals surface area contributed by atoms with E-state index in [1.54, 1.807) is 6.92 Å². The Morgan fingerprint density at radius 3 is 2.56 bits per heavy atom. The van der Waals surface area contributed by atoms with Crippen molar-refractivity contribution in [1.82, 2.24) is 0 Å². The summed E-state index contributed by atoms with van der Waals surface area (Å²) >= 11 is 0. The minimum absolute atomic E-state index is 0.278. The molecule has 0 radical (unpaired) electrons. The fourth-order valence-electron chi connectivity index (χ4n) is 1.72. The highest BCUT2D eigenvalue weighted by Crippen LogP contribution is 2.18. The van der Waals surface area contributed by atoms with E-state index in [4.69, 9.17) is 0 Å². The zero-order valence-electron chi connectivity index (χ0n) is 10.3. The summed E-state index contributed by atoms with van der Waals surface area (Å²) in [5.74, 6) is -0.278. The number of benzene rings is 2. The topological polar surface area (TPSA) is 77.0 Å². The highest BCUT2D eigenvalue weighted by molar-refractivity contribution is 5.96. The quantitative estimate of drug-likeness (QED) is 0.747. The first-order valence-corrected chi connectivity index (χ1v) is 5.89. The number of aliphatic hydroxyl groups is 1. The summed E-state index contributed by atoms with van der Waals surface area (Å²) in [6.07, 6.45) is -0.759. The van der Waals surface area contributed by atoms with E-state index in [1.807, 2.05) is 42.5 Å². The van der Waals surface area contributed by atoms with Crippen LogP contribution in [0, 0.1) is 0 Å². The number of carbonyl (C=O) groups excluding carboxylic acids is 1. The molecule has 0 bridgehead atoms. The van der Waals surface area contributed by atoms with Crippen LogP contribution in [0.4, 0.5) is 5.69 Å². The molecule has 0 spiro atoms. The maximum absolute atomic E-state index is 11.8. The predicted octanol–water partition coefficient (Wildman–Crippen LogP) is 0.770. The number of amides is 1. The molecule has 5 N–H and O–H groups in total. The molecule has 0 aliphatic heterocycles. The zero-order valence-corrected chi connectivity index (χ0v) is 10.3. The second kappa shape index (κ2) is 5.16. The van der Waals surface area contributed by atoms with Crippen molar-refractivity contribution < 1.29 is 15.6 Å². The Labute approximate surface area is 105 Å². The van der Waals surface area contributed by atoms with Crippen LogP contribution >= 0.6 is 0 Å². The van der Waals surface area contributed by atoms with Gasteiger partial charge in [-0.15, -0.1) is 0 Å². The fraction of sp³-hybridized carbons (Fsp3) is 0.214. The standard InChI is InChI=1S/C14H16N2O2/c1-9(17)13(15)14(18)16-12-7-6-10-4-2-3-5-11(10)8-12/h2-9,13,17H,15H2,1H3,(H,16,18)/p+1/t9-,13+/m1/s1. The van der Waals surface area contributed by atoms with E-state index in [2.05, 4.69) is 11.1 Å². The van der Waals surface area contributed by atoms with Crippen LogP contribution in [0.2, 0.25) is 0 Å². The molecule has 0 unspecified atom stereocenters. The first kappa shape index (κ1) is 12.5. The van der Waals surface area contributed by atoms with Crippen molar-refractivity contribution in [2.45, 2.75) is 19.1 Å². The predicted molar refractivity (Wildman–Crippen MR) is 70.9 cm³/mol. The molecule has 4 nitrogen and oxygen atoms in total. The molecule has 0 saturated carbocycles. The number of fused-ring (bicyclic) bond motifs is 1. The summed E-state index contributed by atoms with van der Waals surface area (Å²) in [4.78, 5) is 11.8. The van der Waals surface area contributed by atoms with Crippen LogP contribution in [0.25, 0.3) is 10.8 Å². The van der Waals surface area contributed by atoms with Gasteiger partial charge in [-0.2, -0.15) is 0 Å². The van der Waals surface area contributed by atoms with Crippen molar-refractivity contribution in [2.75, 3.05) is 5.32 Å². The van der Waals surface area contributed by atoms with Gasteiger partial charge in [0.05, 0.1) is 0 Å². The molecule has 0 aliphatic rings. The summed E-state index contributed by atoms with van der Waals surface area (Å²) in [7, 11) is 0. The molecule has 18 heavy (non-hydrogen) atoms. The van der Waals surface area contributed by atoms with Gasteiger partial charge in [0, 0.05) is 5.69 Å². The number of aliphatic hydroxyl groups excluding tert-OH is 1. The van der Waals surface area contributed by atoms with Crippen molar-refractivity contribution in [3.63, 3.8) is 0 Å². The molecule has 0 aliphatic carbocycles. The average molecular weight is 245 g/mol. The van der Waals surface area contributed by atoms with Crippen LogP contribution < -0.4 is 11.1 Å². The Morgan fingerprint density at radius 1 is 1.22 bits per heavy atom. The maximum Gasteiger partial charge on any atom is 0.285 e. The van der Waals surface area contributed by atoms with E-state index >= 15 is 0 Å². The van der Waals surface area contributed by atoms with Gasteiger partial charge in [0.1, 0.15) is 6.10 Å². The van der Waals surface area contributed by atoms with E-state index in [0.29, 0.717) is 5.69 Å². The smallest absolute Gasteiger partial charge is 0.285 e. The van der Waals surface area contributed by atoms with Crippen molar-refractivity contribution >= 4 is 22.4 Å². The maximum atomic E-state index is 11.8. The molecule has 2 rings (SSSR count). The first-order valence-electron chi connectivity index (χ1n) is 5.89. The third kappa shape index (κ3) is 2.67. The van der Waals surface area contributed by atoms with Gasteiger partial charge in [0.2, 0.25) is 0 Å². The van der Waals surface area contributed by atoms with Crippen molar-refractivity contribution in [3.8, 4) is 0 Å². The van der Waals surface area contributed by atoms with Crippen molar-refractivity contribution in [3.05, 3.63) is 42.5 Å². The van der Waals surface area contributed by atoms with Crippen LogP contribution in [-0.4, -0.2) is 23.2 Å². The number of hydrogen-bond acceptors (Lipinski definition) is 2. The second-order valence-corrected chi connectivity index (χ2v) is 4.40. The van der Waals surface area contributed by atoms with Gasteiger partial charge >= 0.3 is 0 Å². The number of hydrogen-bond donors (Lipinski definition) is 3. The van der Waals surface area contributed by atoms with Gasteiger partial charge in [-0.05, 0) is 29.8 Å². The number of nitrogens with one attached hydrogen (secondary N) is 1. The Hall–Kier alpha value is -1.91. The highest BCUT2D eigenvalue weighted by Gasteiger charge is 2.22. The highest BCUT2D eigenvalue weighted by atomic mass is 16.3. The molecule has 0 aromatic heterocycles. The van der Waals surface area contributed by atoms with Crippen LogP contribution in [0.5, 0.6) is 0 Å². The summed E-state index contributed by atoms with van der Waals surface area (Å²) in [5, 5.41) is 14.3. The monoisotopic (exact) mass is 245 g/mol. The average Bonchev–Trinajstić information content (AvgIpc) is 2.37. The number of anilines is 1. The Morgan fingerprint density at radius 2 is 1.89 bits per heavy atom. The van der Waals surface area contributed by atoms with E-state index in [9.17, 15) is 9.90 Å². The number of rotatable bonds is 3. The van der Waals surface area contributed by atoms with Crippen molar-refractivity contribution in [1.29, 1.82) is 0 Å². The van der Waals surface area contributed by atoms with Gasteiger partial charge in [0.15, 0.2) is 6.04 Å². The minimum atomic E-state index is -0.759. The third-order valence-electron chi connectivity index (χ3n) is 2.94. The van der Waals surface area contributed by atoms with Crippen molar-refractivity contribution in [2.24, 2.45) is 0 Å². The Kier molecular flexibility index (Phi) is 3.60. The fourth-order valence-corrected chi connectivity index (χ4v) is 1.72. The summed E-state index contributed by atoms with van der Waals surface area (Å²) in [6, 6.07) is 13.0. The molecular formula is C14H17N2O2+. The van der Waals surface area contributed by atoms with E-state index in [0.717, 1.165) is 10.8 Å². The van der Waals surface area contributed by atoms with Gasteiger partial charge in [-0.1, -0.05) is 30.3 Å². The van der Waals surface area contributed by atoms with Gasteiger partial charge in [-0.3, -0.25) is 4.79 Å². The third-order valence-corrected chi connectivity index (χ3v) is 2.94. The molecule has 2 aromatic carbocycles. The van der Waals surface area contributed by atoms with Gasteiger partial charge in [-0.25, -0.2) is 0 Å². The molecule has 0 saturated heterocycles. The lowest BCUT2D eigenvalue weighted by atomic mass is 10.1. The lowest BCUT2D eigenvalue weighted by molar-refractivity contribution is -0.418. The molecular weight excluding hydrogens is 228 g/mol. The minimum Gasteiger partial charge on any atom is -0.387 e. The summed E-state index contributed by atoms with van der Waals surface area (Å²) in [6.45, 7) is 1.55. The van der Waals surface area contributed by atoms with Crippen LogP contribution in [-0.2, 0) is 4.79 Å². The van der Waals surface area contributed by atoms with E-state index in [-0.39, 0.29) is 5.91 Å². The van der Waals surface area contributed by atoms with E-state index in [1.165, 1.54) is 0 Å². The Balaban J connectivity index is 2.19. The molecule has 0 heterocycles. The zero-order chi connectivity index (χ0) is 13.1. The molecule has 4 heteroatoms. The number of carbonyl (C=O) groups is 1. The lowest BCUT2D eigenvalue weighted by Gasteiger charge is -2.12. The van der Waals surface area contributed by atoms with E-state index < -0.39 is 12.1 Å². The molecule has 2 atom stereocenters. The molecule has 2 aromatic rings. The van der Waals surface area contributed by atoms with Gasteiger partial charge < -0.3 is 16.2 Å². The summed E-state index contributed by atoms with van der Waals surface area (Å²) in [5.41, 5.74) is 4.35. The SMILES string of the molecule is C[C@@H](O)[C@H]([NH3+])C(=O)Nc1ccc2ccccc2c1. The first-order chi connectivity index (χ1) is 8.58. The number of quaternary nitrogens is 1. The Bertz CT molecular complexity index is 566. The normalized spacial score (nSPS) is 14.2. The summed E-state index contributed by atoms with van der Waals surface area (Å²) < 4.78 is 0. The molecule has 0 fully saturated rings.